The van der Waals surface area contributed by atoms with Gasteiger partial charge in [-0.15, -0.1) is 0 Å². The predicted octanol–water partition coefficient (Wildman–Crippen LogP) is 3.98. The van der Waals surface area contributed by atoms with Gasteiger partial charge in [0.15, 0.2) is 0 Å². The average Bonchev–Trinajstić information content (AvgIpc) is 2.73. The van der Waals surface area contributed by atoms with Crippen LogP contribution in [0.15, 0.2) is 71.8 Å². The molecule has 5 heteroatoms. The Morgan fingerprint density at radius 3 is 2.59 bits per heavy atom. The van der Waals surface area contributed by atoms with Crippen molar-refractivity contribution in [2.75, 3.05) is 13.1 Å². The van der Waals surface area contributed by atoms with E-state index in [-0.39, 0.29) is 17.9 Å². The molecule has 150 valence electrons. The molecule has 3 rings (SSSR count). The molecule has 0 N–H and O–H groups in total. The lowest BCUT2D eigenvalue weighted by molar-refractivity contribution is -0.131. The van der Waals surface area contributed by atoms with Gasteiger partial charge in [0.25, 0.3) is 5.56 Å². The molecule has 0 atom stereocenters. The van der Waals surface area contributed by atoms with E-state index in [0.717, 1.165) is 5.56 Å². The van der Waals surface area contributed by atoms with Crippen molar-refractivity contribution >= 4 is 22.9 Å². The van der Waals surface area contributed by atoms with E-state index < -0.39 is 0 Å². The molecule has 29 heavy (non-hydrogen) atoms. The maximum absolute atomic E-state index is 12.8. The average molecular weight is 389 g/mol. The fourth-order valence-corrected chi connectivity index (χ4v) is 3.24. The van der Waals surface area contributed by atoms with Crippen LogP contribution in [0.25, 0.3) is 17.0 Å². The highest BCUT2D eigenvalue weighted by atomic mass is 16.2. The number of carbonyl (C=O) groups is 1. The minimum Gasteiger partial charge on any atom is -0.339 e. The van der Waals surface area contributed by atoms with E-state index in [1.807, 2.05) is 65.6 Å². The second-order valence-electron chi connectivity index (χ2n) is 7.52. The van der Waals surface area contributed by atoms with Crippen molar-refractivity contribution in [3.8, 4) is 0 Å². The van der Waals surface area contributed by atoms with E-state index in [9.17, 15) is 9.59 Å². The zero-order valence-corrected chi connectivity index (χ0v) is 17.0. The van der Waals surface area contributed by atoms with Crippen LogP contribution in [0, 0.1) is 5.92 Å². The third-order valence-electron chi connectivity index (χ3n) is 4.67. The summed E-state index contributed by atoms with van der Waals surface area (Å²) in [6, 6.07) is 17.3. The Balaban J connectivity index is 1.66. The monoisotopic (exact) mass is 389 g/mol. The van der Waals surface area contributed by atoms with Gasteiger partial charge in [-0.2, -0.15) is 0 Å². The number of aromatic nitrogens is 2. The highest BCUT2D eigenvalue weighted by molar-refractivity contribution is 5.77. The summed E-state index contributed by atoms with van der Waals surface area (Å²) in [5, 5.41) is 0.576. The SMILES string of the molecule is CC(C)CN(C/C=C/c1ccccc1)C(=O)CCn1cnc2ccccc2c1=O. The quantitative estimate of drug-likeness (QED) is 0.585. The molecular weight excluding hydrogens is 362 g/mol. The standard InChI is InChI=1S/C24H27N3O2/c1-19(2)17-26(15-8-11-20-9-4-3-5-10-20)23(28)14-16-27-18-25-22-13-7-6-12-21(22)24(27)29/h3-13,18-19H,14-17H2,1-2H3/b11-8+. The summed E-state index contributed by atoms with van der Waals surface area (Å²) in [6.07, 6.45) is 5.84. The highest BCUT2D eigenvalue weighted by Gasteiger charge is 2.14. The molecule has 1 amide bonds. The van der Waals surface area contributed by atoms with Gasteiger partial charge in [0.1, 0.15) is 0 Å². The Morgan fingerprint density at radius 1 is 1.10 bits per heavy atom. The lowest BCUT2D eigenvalue weighted by Crippen LogP contribution is -2.35. The van der Waals surface area contributed by atoms with Gasteiger partial charge in [0.05, 0.1) is 17.2 Å². The number of fused-ring (bicyclic) bond motifs is 1. The minimum atomic E-state index is -0.109. The molecule has 0 spiro atoms. The van der Waals surface area contributed by atoms with Gasteiger partial charge < -0.3 is 4.90 Å². The Hall–Kier alpha value is -3.21. The lowest BCUT2D eigenvalue weighted by Gasteiger charge is -2.23. The molecule has 0 bridgehead atoms. The maximum atomic E-state index is 12.8. The molecule has 1 aromatic heterocycles. The van der Waals surface area contributed by atoms with Crippen molar-refractivity contribution in [1.82, 2.24) is 14.5 Å². The Kier molecular flexibility index (Phi) is 6.95. The Morgan fingerprint density at radius 2 is 1.83 bits per heavy atom. The number of nitrogens with zero attached hydrogens (tertiary/aromatic N) is 3. The molecule has 0 saturated carbocycles. The summed E-state index contributed by atoms with van der Waals surface area (Å²) >= 11 is 0. The molecule has 1 heterocycles. The molecule has 0 aliphatic carbocycles. The summed E-state index contributed by atoms with van der Waals surface area (Å²) in [5.41, 5.74) is 1.67. The largest absolute Gasteiger partial charge is 0.339 e. The van der Waals surface area contributed by atoms with Crippen LogP contribution in [0.1, 0.15) is 25.8 Å². The minimum absolute atomic E-state index is 0.0384. The van der Waals surface area contributed by atoms with Crippen molar-refractivity contribution in [1.29, 1.82) is 0 Å². The van der Waals surface area contributed by atoms with E-state index in [1.54, 1.807) is 6.07 Å². The predicted molar refractivity (Wildman–Crippen MR) is 118 cm³/mol. The van der Waals surface area contributed by atoms with Gasteiger partial charge in [-0.25, -0.2) is 4.98 Å². The molecule has 0 aliphatic heterocycles. The number of amides is 1. The third-order valence-corrected chi connectivity index (χ3v) is 4.67. The van der Waals surface area contributed by atoms with E-state index in [1.165, 1.54) is 10.9 Å². The molecule has 0 aliphatic rings. The van der Waals surface area contributed by atoms with Gasteiger partial charge in [0, 0.05) is 26.1 Å². The summed E-state index contributed by atoms with van der Waals surface area (Å²) in [4.78, 5) is 31.6. The zero-order chi connectivity index (χ0) is 20.6. The number of benzene rings is 2. The number of hydrogen-bond acceptors (Lipinski definition) is 3. The molecule has 0 fully saturated rings. The fourth-order valence-electron chi connectivity index (χ4n) is 3.24. The van der Waals surface area contributed by atoms with E-state index in [2.05, 4.69) is 18.8 Å². The van der Waals surface area contributed by atoms with Crippen molar-refractivity contribution in [3.05, 3.63) is 82.9 Å². The number of carbonyl (C=O) groups excluding carboxylic acids is 1. The lowest BCUT2D eigenvalue weighted by atomic mass is 10.2. The van der Waals surface area contributed by atoms with Crippen molar-refractivity contribution in [3.63, 3.8) is 0 Å². The maximum Gasteiger partial charge on any atom is 0.261 e. The fraction of sp³-hybridized carbons (Fsp3) is 0.292. The van der Waals surface area contributed by atoms with E-state index in [4.69, 9.17) is 0 Å². The molecule has 0 saturated heterocycles. The summed E-state index contributed by atoms with van der Waals surface area (Å²) < 4.78 is 1.52. The van der Waals surface area contributed by atoms with Gasteiger partial charge in [0.2, 0.25) is 5.91 Å². The number of rotatable bonds is 8. The van der Waals surface area contributed by atoms with E-state index in [0.29, 0.717) is 36.5 Å². The summed E-state index contributed by atoms with van der Waals surface area (Å²) in [7, 11) is 0. The number of aryl methyl sites for hydroxylation is 1. The van der Waals surface area contributed by atoms with Gasteiger partial charge in [-0.05, 0) is 23.6 Å². The molecule has 0 unspecified atom stereocenters. The number of para-hydroxylation sites is 1. The topological polar surface area (TPSA) is 55.2 Å². The number of hydrogen-bond donors (Lipinski definition) is 0. The second kappa shape index (κ2) is 9.82. The summed E-state index contributed by atoms with van der Waals surface area (Å²) in [6.45, 7) is 5.75. The highest BCUT2D eigenvalue weighted by Crippen LogP contribution is 2.07. The Labute approximate surface area is 171 Å². The van der Waals surface area contributed by atoms with Crippen molar-refractivity contribution in [2.24, 2.45) is 5.92 Å². The normalized spacial score (nSPS) is 11.4. The second-order valence-corrected chi connectivity index (χ2v) is 7.52. The van der Waals surface area contributed by atoms with Crippen LogP contribution in [0.4, 0.5) is 0 Å². The smallest absolute Gasteiger partial charge is 0.261 e. The first kappa shape index (κ1) is 20.5. The molecule has 0 radical (unpaired) electrons. The molecule has 2 aromatic carbocycles. The molecule has 3 aromatic rings. The van der Waals surface area contributed by atoms with Gasteiger partial charge >= 0.3 is 0 Å². The van der Waals surface area contributed by atoms with Crippen LogP contribution in [0.3, 0.4) is 0 Å². The first-order valence-corrected chi connectivity index (χ1v) is 9.98. The van der Waals surface area contributed by atoms with Crippen LogP contribution < -0.4 is 5.56 Å². The van der Waals surface area contributed by atoms with Crippen molar-refractivity contribution < 1.29 is 4.79 Å². The first-order valence-electron chi connectivity index (χ1n) is 9.98. The first-order chi connectivity index (χ1) is 14.0. The van der Waals surface area contributed by atoms with Gasteiger partial charge in [-0.1, -0.05) is 68.5 Å². The van der Waals surface area contributed by atoms with Gasteiger partial charge in [-0.3, -0.25) is 14.2 Å². The van der Waals surface area contributed by atoms with Crippen LogP contribution >= 0.6 is 0 Å². The zero-order valence-electron chi connectivity index (χ0n) is 17.0. The van der Waals surface area contributed by atoms with E-state index >= 15 is 0 Å². The van der Waals surface area contributed by atoms with Crippen molar-refractivity contribution in [2.45, 2.75) is 26.8 Å². The Bertz CT molecular complexity index is 1040. The van der Waals surface area contributed by atoms with Crippen LogP contribution in [0.5, 0.6) is 0 Å². The van der Waals surface area contributed by atoms with Crippen LogP contribution in [0.2, 0.25) is 0 Å². The van der Waals surface area contributed by atoms with Crippen LogP contribution in [-0.2, 0) is 11.3 Å². The molecule has 5 nitrogen and oxygen atoms in total. The third kappa shape index (κ3) is 5.64. The molecular formula is C24H27N3O2. The van der Waals surface area contributed by atoms with Crippen LogP contribution in [-0.4, -0.2) is 33.4 Å². The summed E-state index contributed by atoms with van der Waals surface area (Å²) in [5.74, 6) is 0.408.